The van der Waals surface area contributed by atoms with Crippen molar-refractivity contribution in [3.8, 4) is 0 Å². The Hall–Kier alpha value is -1.39. The Kier molecular flexibility index (Phi) is 11.8. The Balaban J connectivity index is 3.70. The fourth-order valence-electron chi connectivity index (χ4n) is 2.04. The van der Waals surface area contributed by atoms with Crippen LogP contribution in [-0.2, 0) is 4.79 Å². The van der Waals surface area contributed by atoms with Crippen molar-refractivity contribution in [3.05, 3.63) is 21.9 Å². The minimum atomic E-state index is -0.754. The van der Waals surface area contributed by atoms with Crippen molar-refractivity contribution in [3.63, 3.8) is 0 Å². The van der Waals surface area contributed by atoms with Crippen molar-refractivity contribution in [1.29, 1.82) is 0 Å². The average molecular weight is 285 g/mol. The van der Waals surface area contributed by atoms with E-state index in [1.54, 1.807) is 6.08 Å². The molecule has 0 unspecified atom stereocenters. The minimum absolute atomic E-state index is 0.220. The van der Waals surface area contributed by atoms with Gasteiger partial charge in [-0.15, -0.1) is 0 Å². The second-order valence-corrected chi connectivity index (χ2v) is 5.11. The number of nitro groups is 1. The Morgan fingerprint density at radius 2 is 1.65 bits per heavy atom. The smallest absolute Gasteiger partial charge is 0.303 e. The van der Waals surface area contributed by atoms with Crippen LogP contribution in [0.15, 0.2) is 11.8 Å². The molecule has 0 saturated heterocycles. The summed E-state index contributed by atoms with van der Waals surface area (Å²) in [6.45, 7) is 2.11. The number of hydrogen-bond donors (Lipinski definition) is 1. The lowest BCUT2D eigenvalue weighted by Gasteiger charge is -2.01. The van der Waals surface area contributed by atoms with Gasteiger partial charge in [0, 0.05) is 12.8 Å². The number of rotatable bonds is 13. The SMILES string of the molecule is CCCCCC=C(CCCCCCCC(=O)O)[N+](=O)[O-]. The fourth-order valence-corrected chi connectivity index (χ4v) is 2.04. The van der Waals surface area contributed by atoms with Crippen molar-refractivity contribution in [2.24, 2.45) is 0 Å². The molecule has 1 N–H and O–H groups in total. The molecule has 0 aliphatic carbocycles. The van der Waals surface area contributed by atoms with E-state index in [4.69, 9.17) is 5.11 Å². The van der Waals surface area contributed by atoms with Crippen LogP contribution in [0.2, 0.25) is 0 Å². The summed E-state index contributed by atoms with van der Waals surface area (Å²) in [6.07, 6.45) is 10.8. The monoisotopic (exact) mass is 285 g/mol. The largest absolute Gasteiger partial charge is 0.481 e. The predicted molar refractivity (Wildman–Crippen MR) is 79.2 cm³/mol. The highest BCUT2D eigenvalue weighted by Crippen LogP contribution is 2.14. The summed E-state index contributed by atoms with van der Waals surface area (Å²) >= 11 is 0. The van der Waals surface area contributed by atoms with E-state index in [-0.39, 0.29) is 11.3 Å². The number of allylic oxidation sites excluding steroid dienone is 2. The summed E-state index contributed by atoms with van der Waals surface area (Å²) in [7, 11) is 0. The van der Waals surface area contributed by atoms with Gasteiger partial charge in [0.2, 0.25) is 5.70 Å². The molecular formula is C15H27NO4. The molecule has 0 aliphatic heterocycles. The first-order valence-corrected chi connectivity index (χ1v) is 7.63. The van der Waals surface area contributed by atoms with Crippen molar-refractivity contribution < 1.29 is 14.8 Å². The van der Waals surface area contributed by atoms with Gasteiger partial charge in [0.05, 0.1) is 4.92 Å². The summed E-state index contributed by atoms with van der Waals surface area (Å²) in [4.78, 5) is 20.9. The zero-order valence-electron chi connectivity index (χ0n) is 12.5. The summed E-state index contributed by atoms with van der Waals surface area (Å²) in [5.41, 5.74) is 0.339. The van der Waals surface area contributed by atoms with Gasteiger partial charge >= 0.3 is 5.97 Å². The number of unbranched alkanes of at least 4 members (excludes halogenated alkanes) is 7. The van der Waals surface area contributed by atoms with Gasteiger partial charge in [0.15, 0.2) is 0 Å². The van der Waals surface area contributed by atoms with Crippen LogP contribution in [-0.4, -0.2) is 16.0 Å². The van der Waals surface area contributed by atoms with Crippen molar-refractivity contribution in [2.75, 3.05) is 0 Å². The van der Waals surface area contributed by atoms with E-state index in [0.717, 1.165) is 51.4 Å². The molecule has 5 heteroatoms. The first-order valence-electron chi connectivity index (χ1n) is 7.63. The van der Waals surface area contributed by atoms with Gasteiger partial charge in [-0.3, -0.25) is 14.9 Å². The summed E-state index contributed by atoms with van der Waals surface area (Å²) in [6, 6.07) is 0. The molecule has 0 bridgehead atoms. The normalized spacial score (nSPS) is 11.6. The van der Waals surface area contributed by atoms with Gasteiger partial charge in [-0.2, -0.15) is 0 Å². The molecule has 5 nitrogen and oxygen atoms in total. The lowest BCUT2D eigenvalue weighted by atomic mass is 10.1. The Morgan fingerprint density at radius 3 is 2.20 bits per heavy atom. The van der Waals surface area contributed by atoms with Gasteiger partial charge in [-0.05, 0) is 31.8 Å². The molecule has 0 aliphatic rings. The van der Waals surface area contributed by atoms with Gasteiger partial charge in [-0.25, -0.2) is 0 Å². The number of carbonyl (C=O) groups is 1. The standard InChI is InChI=1S/C15H27NO4/c1-2-3-4-8-11-14(16(19)20)12-9-6-5-7-10-13-15(17)18/h11H,2-10,12-13H2,1H3,(H,17,18). The number of nitrogens with zero attached hydrogens (tertiary/aromatic N) is 1. The third-order valence-electron chi connectivity index (χ3n) is 3.25. The summed E-state index contributed by atoms with van der Waals surface area (Å²) in [5.74, 6) is -0.754. The molecule has 0 aromatic heterocycles. The van der Waals surface area contributed by atoms with Crippen LogP contribution in [0.5, 0.6) is 0 Å². The highest BCUT2D eigenvalue weighted by atomic mass is 16.6. The Bertz CT molecular complexity index is 313. The van der Waals surface area contributed by atoms with Crippen LogP contribution in [0.25, 0.3) is 0 Å². The van der Waals surface area contributed by atoms with Crippen molar-refractivity contribution >= 4 is 5.97 Å². The Morgan fingerprint density at radius 1 is 1.05 bits per heavy atom. The van der Waals surface area contributed by atoms with Crippen molar-refractivity contribution in [2.45, 2.75) is 77.6 Å². The molecule has 0 saturated carbocycles. The average Bonchev–Trinajstić information content (AvgIpc) is 2.39. The molecule has 0 fully saturated rings. The molecule has 0 rings (SSSR count). The molecule has 0 spiro atoms. The Labute approximate surface area is 121 Å². The number of carboxylic acids is 1. The topological polar surface area (TPSA) is 80.4 Å². The van der Waals surface area contributed by atoms with Gasteiger partial charge in [0.25, 0.3) is 0 Å². The van der Waals surface area contributed by atoms with E-state index in [1.165, 1.54) is 0 Å². The zero-order chi connectivity index (χ0) is 15.2. The van der Waals surface area contributed by atoms with Crippen LogP contribution in [0.3, 0.4) is 0 Å². The maximum Gasteiger partial charge on any atom is 0.303 e. The highest BCUT2D eigenvalue weighted by molar-refractivity contribution is 5.66. The van der Waals surface area contributed by atoms with Crippen LogP contribution >= 0.6 is 0 Å². The lowest BCUT2D eigenvalue weighted by Crippen LogP contribution is -1.99. The third kappa shape index (κ3) is 11.7. The third-order valence-corrected chi connectivity index (χ3v) is 3.25. The second kappa shape index (κ2) is 12.6. The maximum absolute atomic E-state index is 10.9. The maximum atomic E-state index is 10.9. The van der Waals surface area contributed by atoms with E-state index in [9.17, 15) is 14.9 Å². The molecule has 116 valence electrons. The highest BCUT2D eigenvalue weighted by Gasteiger charge is 2.09. The van der Waals surface area contributed by atoms with Crippen LogP contribution < -0.4 is 0 Å². The number of aliphatic carboxylic acids is 1. The fraction of sp³-hybridized carbons (Fsp3) is 0.800. The molecule has 20 heavy (non-hydrogen) atoms. The molecule has 0 atom stereocenters. The van der Waals surface area contributed by atoms with E-state index >= 15 is 0 Å². The predicted octanol–water partition coefficient (Wildman–Crippen LogP) is 4.54. The summed E-state index contributed by atoms with van der Waals surface area (Å²) < 4.78 is 0. The van der Waals surface area contributed by atoms with Crippen molar-refractivity contribution in [1.82, 2.24) is 0 Å². The molecule has 0 radical (unpaired) electrons. The molecule has 0 aromatic carbocycles. The molecule has 0 aromatic rings. The van der Waals surface area contributed by atoms with Crippen LogP contribution in [0, 0.1) is 10.1 Å². The van der Waals surface area contributed by atoms with Gasteiger partial charge in [0.1, 0.15) is 0 Å². The van der Waals surface area contributed by atoms with Gasteiger partial charge in [-0.1, -0.05) is 39.0 Å². The first-order chi connectivity index (χ1) is 9.57. The van der Waals surface area contributed by atoms with E-state index in [1.807, 2.05) is 0 Å². The van der Waals surface area contributed by atoms with E-state index < -0.39 is 5.97 Å². The minimum Gasteiger partial charge on any atom is -0.481 e. The molecule has 0 amide bonds. The van der Waals surface area contributed by atoms with Crippen LogP contribution in [0.4, 0.5) is 0 Å². The number of carboxylic acid groups (broad SMARTS) is 1. The summed E-state index contributed by atoms with van der Waals surface area (Å²) in [5, 5.41) is 19.4. The molecule has 0 heterocycles. The van der Waals surface area contributed by atoms with E-state index in [2.05, 4.69) is 6.92 Å². The quantitative estimate of drug-likeness (QED) is 0.306. The molecular weight excluding hydrogens is 258 g/mol. The number of hydrogen-bond acceptors (Lipinski definition) is 3. The van der Waals surface area contributed by atoms with Gasteiger partial charge < -0.3 is 5.11 Å². The first kappa shape index (κ1) is 18.6. The van der Waals surface area contributed by atoms with Crippen LogP contribution in [0.1, 0.15) is 77.6 Å². The lowest BCUT2D eigenvalue weighted by molar-refractivity contribution is -0.428. The second-order valence-electron chi connectivity index (χ2n) is 5.11. The van der Waals surface area contributed by atoms with E-state index in [0.29, 0.717) is 18.5 Å². The zero-order valence-corrected chi connectivity index (χ0v) is 12.5.